The van der Waals surface area contributed by atoms with Crippen molar-refractivity contribution in [2.75, 3.05) is 19.5 Å². The molecule has 0 aromatic heterocycles. The number of nitrogens with zero attached hydrogens (tertiary/aromatic N) is 4. The fraction of sp³-hybridized carbons (Fsp3) is 1.00. The quantitative estimate of drug-likeness (QED) is 0.732. The molecule has 104 valence electrons. The molecule has 2 heterocycles. The largest absolute Gasteiger partial charge is 0.396 e. The first-order chi connectivity index (χ1) is 8.18. The summed E-state index contributed by atoms with van der Waals surface area (Å²) >= 11 is 0. The Balaban J connectivity index is 0.000000199. The lowest BCUT2D eigenvalue weighted by Crippen LogP contribution is -2.11. The molecule has 0 spiro atoms. The van der Waals surface area contributed by atoms with Crippen molar-refractivity contribution >= 4 is 10.1 Å². The van der Waals surface area contributed by atoms with Crippen LogP contribution in [0.2, 0.25) is 0 Å². The van der Waals surface area contributed by atoms with E-state index in [9.17, 15) is 8.42 Å². The first-order valence-electron chi connectivity index (χ1n) is 5.51. The van der Waals surface area contributed by atoms with E-state index < -0.39 is 10.1 Å². The van der Waals surface area contributed by atoms with E-state index in [2.05, 4.69) is 24.6 Å². The summed E-state index contributed by atoms with van der Waals surface area (Å²) in [6.07, 6.45) is 2.23. The average Bonchev–Trinajstić information content (AvgIpc) is 3.09. The van der Waals surface area contributed by atoms with Crippen molar-refractivity contribution in [3.8, 4) is 0 Å². The Bertz CT molecular complexity index is 433. The summed E-state index contributed by atoms with van der Waals surface area (Å²) in [5, 5.41) is 23.1. The molecule has 9 heteroatoms. The van der Waals surface area contributed by atoms with E-state index in [1.807, 2.05) is 13.8 Å². The van der Waals surface area contributed by atoms with Crippen LogP contribution >= 0.6 is 0 Å². The molecule has 0 saturated heterocycles. The number of hydrogen-bond acceptors (Lipinski definition) is 8. The summed E-state index contributed by atoms with van der Waals surface area (Å²) < 4.78 is 25.4. The van der Waals surface area contributed by atoms with Gasteiger partial charge in [0.2, 0.25) is 0 Å². The lowest BCUT2D eigenvalue weighted by molar-refractivity contribution is 0.270. The third kappa shape index (κ3) is 6.72. The monoisotopic (exact) mass is 278 g/mol. The van der Waals surface area contributed by atoms with Gasteiger partial charge in [0, 0.05) is 19.4 Å². The minimum Gasteiger partial charge on any atom is -0.396 e. The van der Waals surface area contributed by atoms with Crippen molar-refractivity contribution in [3.05, 3.63) is 0 Å². The minimum absolute atomic E-state index is 0.155. The van der Waals surface area contributed by atoms with Crippen LogP contribution in [0.4, 0.5) is 0 Å². The fourth-order valence-electron chi connectivity index (χ4n) is 0.969. The van der Waals surface area contributed by atoms with Crippen LogP contribution in [0.1, 0.15) is 26.7 Å². The van der Waals surface area contributed by atoms with Crippen molar-refractivity contribution in [1.82, 2.24) is 0 Å². The zero-order chi connectivity index (χ0) is 13.9. The van der Waals surface area contributed by atoms with Crippen LogP contribution in [0, 0.1) is 0 Å². The molecule has 1 N–H and O–H groups in total. The summed E-state index contributed by atoms with van der Waals surface area (Å²) in [6.45, 7) is 4.05. The van der Waals surface area contributed by atoms with Gasteiger partial charge < -0.3 is 5.11 Å². The fourth-order valence-corrected chi connectivity index (χ4v) is 1.35. The van der Waals surface area contributed by atoms with Crippen molar-refractivity contribution < 1.29 is 17.7 Å². The Morgan fingerprint density at radius 3 is 1.78 bits per heavy atom. The van der Waals surface area contributed by atoms with Crippen molar-refractivity contribution in [1.29, 1.82) is 0 Å². The van der Waals surface area contributed by atoms with E-state index in [1.165, 1.54) is 0 Å². The molecule has 0 unspecified atom stereocenters. The molecule has 0 aliphatic carbocycles. The number of aliphatic hydroxyl groups excluding tert-OH is 1. The molecule has 0 amide bonds. The first kappa shape index (κ1) is 15.1. The average molecular weight is 278 g/mol. The maximum absolute atomic E-state index is 10.5. The van der Waals surface area contributed by atoms with Gasteiger partial charge in [0.25, 0.3) is 10.1 Å². The molecule has 0 saturated carbocycles. The number of rotatable bonds is 6. The Hall–Kier alpha value is -0.930. The Morgan fingerprint density at radius 2 is 1.50 bits per heavy atom. The van der Waals surface area contributed by atoms with Crippen LogP contribution in [0.15, 0.2) is 20.5 Å². The Morgan fingerprint density at radius 1 is 1.06 bits per heavy atom. The molecule has 2 aliphatic rings. The third-order valence-electron chi connectivity index (χ3n) is 2.34. The highest BCUT2D eigenvalue weighted by atomic mass is 32.2. The van der Waals surface area contributed by atoms with Crippen molar-refractivity contribution in [2.45, 2.75) is 38.0 Å². The zero-order valence-electron chi connectivity index (χ0n) is 10.7. The lowest BCUT2D eigenvalue weighted by Gasteiger charge is -2.02. The van der Waals surface area contributed by atoms with Crippen molar-refractivity contribution in [2.24, 2.45) is 20.5 Å². The maximum Gasteiger partial charge on any atom is 0.264 e. The summed E-state index contributed by atoms with van der Waals surface area (Å²) in [5.41, 5.74) is -0.570. The van der Waals surface area contributed by atoms with Gasteiger partial charge in [-0.2, -0.15) is 28.9 Å². The van der Waals surface area contributed by atoms with Gasteiger partial charge in [0.05, 0.1) is 12.9 Å². The Labute approximate surface area is 106 Å². The van der Waals surface area contributed by atoms with Crippen LogP contribution in [0.3, 0.4) is 0 Å². The van der Waals surface area contributed by atoms with Gasteiger partial charge in [0.15, 0.2) is 11.3 Å². The third-order valence-corrected chi connectivity index (χ3v) is 2.94. The molecule has 18 heavy (non-hydrogen) atoms. The molecular formula is C9H18N4O4S. The summed E-state index contributed by atoms with van der Waals surface area (Å²) in [6, 6.07) is 0. The summed E-state index contributed by atoms with van der Waals surface area (Å²) in [7, 11) is -3.30. The molecule has 8 nitrogen and oxygen atoms in total. The van der Waals surface area contributed by atoms with E-state index >= 15 is 0 Å². The second-order valence-electron chi connectivity index (χ2n) is 4.58. The molecule has 2 aliphatic heterocycles. The van der Waals surface area contributed by atoms with E-state index in [4.69, 9.17) is 5.11 Å². The van der Waals surface area contributed by atoms with E-state index in [1.54, 1.807) is 0 Å². The lowest BCUT2D eigenvalue weighted by atomic mass is 10.2. The highest BCUT2D eigenvalue weighted by Crippen LogP contribution is 2.30. The van der Waals surface area contributed by atoms with E-state index in [0.717, 1.165) is 6.26 Å². The van der Waals surface area contributed by atoms with Gasteiger partial charge in [-0.3, -0.25) is 4.18 Å². The second-order valence-corrected chi connectivity index (χ2v) is 6.23. The first-order valence-corrected chi connectivity index (χ1v) is 7.33. The summed E-state index contributed by atoms with van der Waals surface area (Å²) in [5.74, 6) is 0. The second kappa shape index (κ2) is 5.37. The molecular weight excluding hydrogens is 260 g/mol. The zero-order valence-corrected chi connectivity index (χ0v) is 11.5. The predicted octanol–water partition coefficient (Wildman–Crippen LogP) is 1.09. The standard InChI is InChI=1S/C5H10N2O3S.C4H8N2O/c1-5(6-7-5)3-4-10-11(2,8)9;1-4(2-3-7)5-6-4/h3-4H2,1-2H3;7H,2-3H2,1H3. The Kier molecular flexibility index (Phi) is 4.51. The van der Waals surface area contributed by atoms with Crippen LogP contribution in [0.25, 0.3) is 0 Å². The molecule has 0 radical (unpaired) electrons. The predicted molar refractivity (Wildman–Crippen MR) is 63.6 cm³/mol. The number of hydrogen-bond donors (Lipinski definition) is 1. The number of aliphatic hydroxyl groups is 1. The molecule has 0 fully saturated rings. The van der Waals surface area contributed by atoms with Gasteiger partial charge in [-0.1, -0.05) is 0 Å². The molecule has 0 aromatic carbocycles. The van der Waals surface area contributed by atoms with Crippen LogP contribution in [-0.4, -0.2) is 44.3 Å². The van der Waals surface area contributed by atoms with E-state index in [-0.39, 0.29) is 24.5 Å². The molecule has 2 rings (SSSR count). The summed E-state index contributed by atoms with van der Waals surface area (Å²) in [4.78, 5) is 0. The van der Waals surface area contributed by atoms with Gasteiger partial charge in [0.1, 0.15) is 0 Å². The normalized spacial score (nSPS) is 21.1. The van der Waals surface area contributed by atoms with E-state index in [0.29, 0.717) is 12.8 Å². The van der Waals surface area contributed by atoms with Gasteiger partial charge in [-0.25, -0.2) is 0 Å². The SMILES string of the molecule is CC1(CCO)N=N1.CC1(CCOS(C)(=O)=O)N=N1. The van der Waals surface area contributed by atoms with Gasteiger partial charge in [-0.15, -0.1) is 0 Å². The van der Waals surface area contributed by atoms with Crippen LogP contribution in [0.5, 0.6) is 0 Å². The maximum atomic E-state index is 10.5. The highest BCUT2D eigenvalue weighted by molar-refractivity contribution is 7.85. The topological polar surface area (TPSA) is 113 Å². The minimum atomic E-state index is -3.30. The van der Waals surface area contributed by atoms with Crippen LogP contribution in [-0.2, 0) is 14.3 Å². The van der Waals surface area contributed by atoms with Gasteiger partial charge in [-0.05, 0) is 13.8 Å². The molecule has 0 aromatic rings. The van der Waals surface area contributed by atoms with Gasteiger partial charge >= 0.3 is 0 Å². The molecule has 0 bridgehead atoms. The van der Waals surface area contributed by atoms with Crippen LogP contribution < -0.4 is 0 Å². The highest BCUT2D eigenvalue weighted by Gasteiger charge is 2.33. The molecule has 0 atom stereocenters. The van der Waals surface area contributed by atoms with Crippen molar-refractivity contribution in [3.63, 3.8) is 0 Å². The smallest absolute Gasteiger partial charge is 0.264 e.